The van der Waals surface area contributed by atoms with E-state index in [1.54, 1.807) is 18.5 Å². The molecular weight excluding hydrogens is 286 g/mol. The molecule has 1 atom stereocenters. The Morgan fingerprint density at radius 3 is 2.43 bits per heavy atom. The Hall–Kier alpha value is -2.55. The Morgan fingerprint density at radius 1 is 1.13 bits per heavy atom. The summed E-state index contributed by atoms with van der Waals surface area (Å²) in [4.78, 5) is 29.3. The first-order chi connectivity index (χ1) is 11.0. The van der Waals surface area contributed by atoms with Crippen LogP contribution in [-0.2, 0) is 9.59 Å². The second kappa shape index (κ2) is 5.92. The van der Waals surface area contributed by atoms with E-state index in [9.17, 15) is 9.59 Å². The van der Waals surface area contributed by atoms with E-state index in [0.29, 0.717) is 5.57 Å². The Bertz CT molecular complexity index is 796. The van der Waals surface area contributed by atoms with E-state index in [0.717, 1.165) is 27.8 Å². The molecule has 1 aromatic heterocycles. The van der Waals surface area contributed by atoms with Gasteiger partial charge in [0.25, 0.3) is 0 Å². The third-order valence-corrected chi connectivity index (χ3v) is 4.32. The average Bonchev–Trinajstić information content (AvgIpc) is 2.75. The highest BCUT2D eigenvalue weighted by Crippen LogP contribution is 2.36. The molecule has 0 amide bonds. The number of benzene rings is 1. The zero-order valence-corrected chi connectivity index (χ0v) is 13.6. The van der Waals surface area contributed by atoms with E-state index in [1.165, 1.54) is 0 Å². The third-order valence-electron chi connectivity index (χ3n) is 4.32. The van der Waals surface area contributed by atoms with Crippen LogP contribution < -0.4 is 0 Å². The van der Waals surface area contributed by atoms with Gasteiger partial charge in [-0.1, -0.05) is 23.8 Å². The molecule has 0 radical (unpaired) electrons. The van der Waals surface area contributed by atoms with Gasteiger partial charge in [0.05, 0.1) is 0 Å². The molecule has 1 fully saturated rings. The molecule has 23 heavy (non-hydrogen) atoms. The van der Waals surface area contributed by atoms with Crippen LogP contribution in [0.3, 0.4) is 0 Å². The molecule has 3 heteroatoms. The topological polar surface area (TPSA) is 47.0 Å². The summed E-state index contributed by atoms with van der Waals surface area (Å²) < 4.78 is 0. The maximum Gasteiger partial charge on any atom is 0.174 e. The second-order valence-corrected chi connectivity index (χ2v) is 6.21. The molecule has 0 N–H and O–H groups in total. The van der Waals surface area contributed by atoms with Crippen LogP contribution in [0.4, 0.5) is 0 Å². The first kappa shape index (κ1) is 15.3. The summed E-state index contributed by atoms with van der Waals surface area (Å²) in [7, 11) is 0. The van der Waals surface area contributed by atoms with Crippen LogP contribution in [0, 0.1) is 20.8 Å². The minimum absolute atomic E-state index is 0.0137. The Labute approximate surface area is 136 Å². The molecule has 0 saturated heterocycles. The molecule has 1 aliphatic rings. The maximum absolute atomic E-state index is 12.8. The monoisotopic (exact) mass is 305 g/mol. The number of rotatable bonds is 2. The van der Waals surface area contributed by atoms with E-state index in [1.807, 2.05) is 45.0 Å². The van der Waals surface area contributed by atoms with E-state index >= 15 is 0 Å². The highest BCUT2D eigenvalue weighted by Gasteiger charge is 2.39. The summed E-state index contributed by atoms with van der Waals surface area (Å²) >= 11 is 0. The maximum atomic E-state index is 12.8. The van der Waals surface area contributed by atoms with Gasteiger partial charge in [0, 0.05) is 24.4 Å². The highest BCUT2D eigenvalue weighted by molar-refractivity contribution is 6.24. The number of aryl methyl sites for hydroxylation is 3. The summed E-state index contributed by atoms with van der Waals surface area (Å²) in [5, 5.41) is 0. The molecule has 116 valence electrons. The van der Waals surface area contributed by atoms with Crippen molar-refractivity contribution in [1.29, 1.82) is 0 Å². The predicted octanol–water partition coefficient (Wildman–Crippen LogP) is 3.72. The molecular formula is C20H19NO2. The molecule has 1 saturated carbocycles. The number of nitrogens with zero attached hydrogens (tertiary/aromatic N) is 1. The largest absolute Gasteiger partial charge is 0.298 e. The molecule has 0 bridgehead atoms. The number of hydrogen-bond donors (Lipinski definition) is 0. The lowest BCUT2D eigenvalue weighted by Crippen LogP contribution is -2.15. The molecule has 1 heterocycles. The molecule has 1 aromatic carbocycles. The predicted molar refractivity (Wildman–Crippen MR) is 90.2 cm³/mol. The number of aromatic nitrogens is 1. The van der Waals surface area contributed by atoms with Crippen LogP contribution in [0.5, 0.6) is 0 Å². The summed E-state index contributed by atoms with van der Waals surface area (Å²) in [6.45, 7) is 5.97. The zero-order valence-electron chi connectivity index (χ0n) is 13.6. The third kappa shape index (κ3) is 2.87. The number of pyridine rings is 1. The Balaban J connectivity index is 2.02. The van der Waals surface area contributed by atoms with Crippen molar-refractivity contribution >= 4 is 17.6 Å². The summed E-state index contributed by atoms with van der Waals surface area (Å²) in [6, 6.07) is 7.77. The average molecular weight is 305 g/mol. The Kier molecular flexibility index (Phi) is 3.95. The van der Waals surface area contributed by atoms with Crippen LogP contribution in [0.2, 0.25) is 0 Å². The van der Waals surface area contributed by atoms with E-state index < -0.39 is 5.92 Å². The van der Waals surface area contributed by atoms with Crippen LogP contribution in [-0.4, -0.2) is 16.6 Å². The lowest BCUT2D eigenvalue weighted by molar-refractivity contribution is -0.123. The van der Waals surface area contributed by atoms with Crippen molar-refractivity contribution in [3.05, 3.63) is 70.0 Å². The first-order valence-corrected chi connectivity index (χ1v) is 7.72. The van der Waals surface area contributed by atoms with Crippen LogP contribution >= 0.6 is 0 Å². The minimum Gasteiger partial charge on any atom is -0.298 e. The molecule has 1 aliphatic carbocycles. The fourth-order valence-electron chi connectivity index (χ4n) is 3.43. The molecule has 3 nitrogen and oxygen atoms in total. The Morgan fingerprint density at radius 2 is 1.83 bits per heavy atom. The lowest BCUT2D eigenvalue weighted by Gasteiger charge is -2.15. The number of allylic oxidation sites excluding steroid dienone is 1. The van der Waals surface area contributed by atoms with Crippen LogP contribution in [0.1, 0.15) is 40.2 Å². The van der Waals surface area contributed by atoms with Gasteiger partial charge in [-0.2, -0.15) is 0 Å². The minimum atomic E-state index is -0.654. The van der Waals surface area contributed by atoms with Crippen molar-refractivity contribution < 1.29 is 9.59 Å². The summed E-state index contributed by atoms with van der Waals surface area (Å²) in [6.07, 6.45) is 5.36. The molecule has 2 aromatic rings. The van der Waals surface area contributed by atoms with Crippen molar-refractivity contribution in [2.45, 2.75) is 33.1 Å². The first-order valence-electron chi connectivity index (χ1n) is 7.72. The van der Waals surface area contributed by atoms with Gasteiger partial charge in [-0.25, -0.2) is 0 Å². The van der Waals surface area contributed by atoms with Crippen molar-refractivity contribution in [1.82, 2.24) is 4.98 Å². The standard InChI is InChI=1S/C20H19NO2/c1-12-7-13(2)18(14(3)8-12)19-17(22)10-16(20(19)23)9-15-5-4-6-21-11-15/h4-9,11,19H,10H2,1-3H3/b16-9+. The van der Waals surface area contributed by atoms with Crippen LogP contribution in [0.15, 0.2) is 42.2 Å². The van der Waals surface area contributed by atoms with E-state index in [2.05, 4.69) is 4.98 Å². The van der Waals surface area contributed by atoms with Crippen molar-refractivity contribution in [3.63, 3.8) is 0 Å². The number of Topliss-reactive ketones (excluding diaryl/α,β-unsaturated/α-hetero) is 2. The van der Waals surface area contributed by atoms with Gasteiger partial charge in [0.1, 0.15) is 5.92 Å². The van der Waals surface area contributed by atoms with Crippen molar-refractivity contribution in [2.75, 3.05) is 0 Å². The summed E-state index contributed by atoms with van der Waals surface area (Å²) in [5.74, 6) is -0.743. The number of ketones is 2. The van der Waals surface area contributed by atoms with Gasteiger partial charge in [0.15, 0.2) is 11.6 Å². The fraction of sp³-hybridized carbons (Fsp3) is 0.250. The zero-order chi connectivity index (χ0) is 16.6. The molecule has 0 spiro atoms. The smallest absolute Gasteiger partial charge is 0.174 e. The van der Waals surface area contributed by atoms with Gasteiger partial charge in [-0.15, -0.1) is 0 Å². The normalized spacial score (nSPS) is 19.6. The lowest BCUT2D eigenvalue weighted by atomic mass is 9.87. The van der Waals surface area contributed by atoms with Gasteiger partial charge in [-0.3, -0.25) is 14.6 Å². The molecule has 0 aliphatic heterocycles. The van der Waals surface area contributed by atoms with Crippen molar-refractivity contribution in [2.24, 2.45) is 0 Å². The van der Waals surface area contributed by atoms with Crippen LogP contribution in [0.25, 0.3) is 6.08 Å². The van der Waals surface area contributed by atoms with Gasteiger partial charge >= 0.3 is 0 Å². The number of carbonyl (C=O) groups excluding carboxylic acids is 2. The van der Waals surface area contributed by atoms with Gasteiger partial charge in [0.2, 0.25) is 0 Å². The van der Waals surface area contributed by atoms with Gasteiger partial charge in [-0.05, 0) is 55.2 Å². The van der Waals surface area contributed by atoms with E-state index in [-0.39, 0.29) is 18.0 Å². The highest BCUT2D eigenvalue weighted by atomic mass is 16.2. The van der Waals surface area contributed by atoms with Gasteiger partial charge < -0.3 is 0 Å². The number of carbonyl (C=O) groups is 2. The SMILES string of the molecule is Cc1cc(C)c(C2C(=O)C/C(=C\c3cccnc3)C2=O)c(C)c1. The fourth-order valence-corrected chi connectivity index (χ4v) is 3.43. The molecule has 3 rings (SSSR count). The second-order valence-electron chi connectivity index (χ2n) is 6.21. The number of hydrogen-bond acceptors (Lipinski definition) is 3. The van der Waals surface area contributed by atoms with Crippen molar-refractivity contribution in [3.8, 4) is 0 Å². The molecule has 1 unspecified atom stereocenters. The van der Waals surface area contributed by atoms with E-state index in [4.69, 9.17) is 0 Å². The summed E-state index contributed by atoms with van der Waals surface area (Å²) in [5.41, 5.74) is 5.47. The quantitative estimate of drug-likeness (QED) is 0.627.